The molecule has 1 unspecified atom stereocenters. The summed E-state index contributed by atoms with van der Waals surface area (Å²) >= 11 is 1.56. The maximum atomic E-state index is 13.1. The minimum atomic E-state index is -0.276. The van der Waals surface area contributed by atoms with Crippen LogP contribution in [0.1, 0.15) is 23.9 Å². The van der Waals surface area contributed by atoms with E-state index in [-0.39, 0.29) is 24.2 Å². The maximum Gasteiger partial charge on any atom is 0.248 e. The van der Waals surface area contributed by atoms with Crippen LogP contribution in [0.5, 0.6) is 0 Å². The number of benzene rings is 1. The summed E-state index contributed by atoms with van der Waals surface area (Å²) in [6, 6.07) is 8.18. The van der Waals surface area contributed by atoms with Crippen LogP contribution in [0.3, 0.4) is 0 Å². The van der Waals surface area contributed by atoms with E-state index < -0.39 is 0 Å². The molecule has 1 N–H and O–H groups in total. The quantitative estimate of drug-likeness (QED) is 0.641. The van der Waals surface area contributed by atoms with Gasteiger partial charge < -0.3 is 14.6 Å². The number of likely N-dealkylation sites (N-methyl/N-ethyl adjacent to an activating group) is 1. The van der Waals surface area contributed by atoms with Crippen molar-refractivity contribution in [1.82, 2.24) is 20.4 Å². The molecule has 1 atom stereocenters. The lowest BCUT2D eigenvalue weighted by Crippen LogP contribution is -2.34. The van der Waals surface area contributed by atoms with Crippen molar-refractivity contribution in [3.63, 3.8) is 0 Å². The van der Waals surface area contributed by atoms with Gasteiger partial charge in [0.25, 0.3) is 0 Å². The van der Waals surface area contributed by atoms with E-state index in [0.717, 1.165) is 11.1 Å². The molecular weight excluding hydrogens is 367 g/mol. The molecule has 6 nitrogen and oxygen atoms in total. The fourth-order valence-corrected chi connectivity index (χ4v) is 3.29. The molecule has 8 heteroatoms. The molecule has 0 saturated heterocycles. The molecule has 0 spiro atoms. The molecule has 0 aliphatic carbocycles. The van der Waals surface area contributed by atoms with Crippen LogP contribution in [-0.2, 0) is 11.2 Å². The third-order valence-corrected chi connectivity index (χ3v) is 4.85. The van der Waals surface area contributed by atoms with Gasteiger partial charge in [-0.1, -0.05) is 12.1 Å². The number of halogens is 1. The Labute approximate surface area is 161 Å². The molecule has 3 aromatic rings. The van der Waals surface area contributed by atoms with Gasteiger partial charge in [0, 0.05) is 30.3 Å². The van der Waals surface area contributed by atoms with Crippen molar-refractivity contribution in [3.05, 3.63) is 58.4 Å². The molecule has 2 aromatic heterocycles. The lowest BCUT2D eigenvalue weighted by atomic mass is 10.1. The number of rotatable bonds is 8. The van der Waals surface area contributed by atoms with Crippen molar-refractivity contribution in [3.8, 4) is 11.5 Å². The Balaban J connectivity index is 1.50. The molecule has 0 saturated carbocycles. The molecule has 1 aromatic carbocycles. The van der Waals surface area contributed by atoms with Crippen molar-refractivity contribution in [2.45, 2.75) is 18.9 Å². The summed E-state index contributed by atoms with van der Waals surface area (Å²) in [4.78, 5) is 14.2. The van der Waals surface area contributed by atoms with Crippen LogP contribution in [0.15, 0.2) is 45.5 Å². The van der Waals surface area contributed by atoms with E-state index in [2.05, 4.69) is 15.5 Å². The van der Waals surface area contributed by atoms with Crippen LogP contribution in [0.4, 0.5) is 4.39 Å². The highest BCUT2D eigenvalue weighted by Gasteiger charge is 2.16. The van der Waals surface area contributed by atoms with E-state index in [1.54, 1.807) is 23.5 Å². The number of nitrogens with one attached hydrogen (secondary N) is 1. The summed E-state index contributed by atoms with van der Waals surface area (Å²) in [6.45, 7) is 0.432. The van der Waals surface area contributed by atoms with Crippen LogP contribution in [0, 0.1) is 5.82 Å². The Morgan fingerprint density at radius 2 is 2.04 bits per heavy atom. The van der Waals surface area contributed by atoms with Crippen LogP contribution in [-0.4, -0.2) is 41.6 Å². The summed E-state index contributed by atoms with van der Waals surface area (Å²) in [5, 5.41) is 14.8. The lowest BCUT2D eigenvalue weighted by molar-refractivity contribution is -0.121. The second-order valence-electron chi connectivity index (χ2n) is 6.35. The average molecular weight is 388 g/mol. The number of aromatic nitrogens is 2. The van der Waals surface area contributed by atoms with Gasteiger partial charge in [0.15, 0.2) is 0 Å². The number of hydrogen-bond acceptors (Lipinski definition) is 6. The molecule has 0 radical (unpaired) electrons. The molecule has 0 aliphatic rings. The Morgan fingerprint density at radius 1 is 1.26 bits per heavy atom. The third kappa shape index (κ3) is 5.21. The molecule has 0 fully saturated rings. The van der Waals surface area contributed by atoms with Gasteiger partial charge in [-0.05, 0) is 43.2 Å². The van der Waals surface area contributed by atoms with E-state index in [4.69, 9.17) is 4.42 Å². The minimum absolute atomic E-state index is 0.0388. The van der Waals surface area contributed by atoms with Gasteiger partial charge in [0.1, 0.15) is 5.82 Å². The van der Waals surface area contributed by atoms with Gasteiger partial charge in [0.05, 0.1) is 6.04 Å². The zero-order valence-electron chi connectivity index (χ0n) is 15.2. The van der Waals surface area contributed by atoms with Gasteiger partial charge in [0.2, 0.25) is 17.7 Å². The average Bonchev–Trinajstić information content (AvgIpc) is 3.33. The number of aryl methyl sites for hydroxylation is 1. The highest BCUT2D eigenvalue weighted by atomic mass is 32.1. The standard InChI is InChI=1S/C19H21FN4O2S/c1-24(2)16(13-3-5-15(20)6-4-13)11-21-17(25)7-8-18-22-23-19(26-18)14-9-10-27-12-14/h3-6,9-10,12,16H,7-8,11H2,1-2H3,(H,21,25). The summed E-state index contributed by atoms with van der Waals surface area (Å²) < 4.78 is 18.7. The van der Waals surface area contributed by atoms with E-state index in [9.17, 15) is 9.18 Å². The van der Waals surface area contributed by atoms with Crippen molar-refractivity contribution < 1.29 is 13.6 Å². The highest BCUT2D eigenvalue weighted by Crippen LogP contribution is 2.21. The maximum absolute atomic E-state index is 13.1. The predicted molar refractivity (Wildman–Crippen MR) is 102 cm³/mol. The van der Waals surface area contributed by atoms with E-state index in [1.165, 1.54) is 12.1 Å². The Morgan fingerprint density at radius 3 is 2.70 bits per heavy atom. The monoisotopic (exact) mass is 388 g/mol. The van der Waals surface area contributed by atoms with Crippen LogP contribution in [0.25, 0.3) is 11.5 Å². The molecule has 2 heterocycles. The fraction of sp³-hybridized carbons (Fsp3) is 0.316. The second kappa shape index (κ2) is 8.88. The minimum Gasteiger partial charge on any atom is -0.421 e. The first-order valence-corrected chi connectivity index (χ1v) is 9.51. The van der Waals surface area contributed by atoms with Crippen LogP contribution < -0.4 is 5.32 Å². The topological polar surface area (TPSA) is 71.3 Å². The van der Waals surface area contributed by atoms with Crippen molar-refractivity contribution in [2.24, 2.45) is 0 Å². The summed E-state index contributed by atoms with van der Waals surface area (Å²) in [5.41, 5.74) is 1.83. The Bertz CT molecular complexity index is 862. The van der Waals surface area contributed by atoms with Gasteiger partial charge in [-0.3, -0.25) is 4.79 Å². The SMILES string of the molecule is CN(C)C(CNC(=O)CCc1nnc(-c2ccsc2)o1)c1ccc(F)cc1. The van der Waals surface area contributed by atoms with Gasteiger partial charge in [-0.15, -0.1) is 10.2 Å². The summed E-state index contributed by atoms with van der Waals surface area (Å²) in [6.07, 6.45) is 0.640. The van der Waals surface area contributed by atoms with Crippen molar-refractivity contribution in [1.29, 1.82) is 0 Å². The van der Waals surface area contributed by atoms with Gasteiger partial charge in [-0.25, -0.2) is 4.39 Å². The smallest absolute Gasteiger partial charge is 0.248 e. The first-order chi connectivity index (χ1) is 13.0. The number of carbonyl (C=O) groups is 1. The molecule has 3 rings (SSSR count). The Kier molecular flexibility index (Phi) is 6.31. The summed E-state index contributed by atoms with van der Waals surface area (Å²) in [7, 11) is 3.84. The van der Waals surface area contributed by atoms with Crippen molar-refractivity contribution in [2.75, 3.05) is 20.6 Å². The first kappa shape index (κ1) is 19.2. The second-order valence-corrected chi connectivity index (χ2v) is 7.13. The Hall–Kier alpha value is -2.58. The number of hydrogen-bond donors (Lipinski definition) is 1. The lowest BCUT2D eigenvalue weighted by Gasteiger charge is -2.25. The van der Waals surface area contributed by atoms with Gasteiger partial charge in [-0.2, -0.15) is 11.3 Å². The van der Waals surface area contributed by atoms with Crippen LogP contribution in [0.2, 0.25) is 0 Å². The number of thiophene rings is 1. The largest absolute Gasteiger partial charge is 0.421 e. The molecule has 0 bridgehead atoms. The highest BCUT2D eigenvalue weighted by molar-refractivity contribution is 7.08. The zero-order valence-corrected chi connectivity index (χ0v) is 16.0. The number of nitrogens with zero attached hydrogens (tertiary/aromatic N) is 3. The number of amides is 1. The molecule has 1 amide bonds. The molecule has 27 heavy (non-hydrogen) atoms. The van der Waals surface area contributed by atoms with Crippen LogP contribution >= 0.6 is 11.3 Å². The third-order valence-electron chi connectivity index (χ3n) is 4.17. The van der Waals surface area contributed by atoms with Gasteiger partial charge >= 0.3 is 0 Å². The molecular formula is C19H21FN4O2S. The first-order valence-electron chi connectivity index (χ1n) is 8.56. The zero-order chi connectivity index (χ0) is 19.2. The fourth-order valence-electron chi connectivity index (χ4n) is 2.66. The van der Waals surface area contributed by atoms with E-state index in [0.29, 0.717) is 24.7 Å². The summed E-state index contributed by atoms with van der Waals surface area (Å²) in [5.74, 6) is 0.533. The van der Waals surface area contributed by atoms with Crippen molar-refractivity contribution >= 4 is 17.2 Å². The molecule has 0 aliphatic heterocycles. The molecule has 142 valence electrons. The normalized spacial score (nSPS) is 12.3. The predicted octanol–water partition coefficient (Wildman–Crippen LogP) is 3.29. The van der Waals surface area contributed by atoms with E-state index in [1.807, 2.05) is 35.8 Å². The number of carbonyl (C=O) groups excluding carboxylic acids is 1. The van der Waals surface area contributed by atoms with E-state index >= 15 is 0 Å².